The molecule has 0 radical (unpaired) electrons. The molecule has 4 amide bonds. The summed E-state index contributed by atoms with van der Waals surface area (Å²) in [5.41, 5.74) is 1.34. The van der Waals surface area contributed by atoms with E-state index in [2.05, 4.69) is 15.6 Å². The maximum Gasteiger partial charge on any atom is 0.327 e. The minimum absolute atomic E-state index is 0.130. The molecule has 10 heteroatoms. The maximum absolute atomic E-state index is 13.3. The lowest BCUT2D eigenvalue weighted by molar-refractivity contribution is -0.138. The predicted molar refractivity (Wildman–Crippen MR) is 113 cm³/mol. The Labute approximate surface area is 184 Å². The Morgan fingerprint density at radius 2 is 1.97 bits per heavy atom. The third-order valence-electron chi connectivity index (χ3n) is 5.90. The van der Waals surface area contributed by atoms with Crippen molar-refractivity contribution < 1.29 is 23.9 Å². The lowest BCUT2D eigenvalue weighted by Crippen LogP contribution is -2.70. The second-order valence-corrected chi connectivity index (χ2v) is 7.95. The zero-order valence-corrected chi connectivity index (χ0v) is 17.3. The number of aromatic nitrogens is 1. The van der Waals surface area contributed by atoms with Crippen molar-refractivity contribution in [2.75, 3.05) is 25.2 Å². The number of benzene rings is 1. The number of urea groups is 1. The predicted octanol–water partition coefficient (Wildman–Crippen LogP) is 1.33. The minimum atomic E-state index is -0.526. The molecule has 5 rings (SSSR count). The molecule has 0 aliphatic carbocycles. The molecule has 2 aromatic rings. The van der Waals surface area contributed by atoms with Gasteiger partial charge in [0.1, 0.15) is 12.6 Å². The van der Waals surface area contributed by atoms with E-state index in [1.54, 1.807) is 42.7 Å². The molecule has 3 aliphatic rings. The first-order valence-electron chi connectivity index (χ1n) is 10.5. The van der Waals surface area contributed by atoms with Crippen molar-refractivity contribution in [1.82, 2.24) is 20.1 Å². The zero-order chi connectivity index (χ0) is 22.1. The van der Waals surface area contributed by atoms with Crippen LogP contribution in [0.3, 0.4) is 0 Å². The summed E-state index contributed by atoms with van der Waals surface area (Å²) in [6.07, 6.45) is 4.72. The van der Waals surface area contributed by atoms with Gasteiger partial charge in [-0.05, 0) is 49.2 Å². The zero-order valence-electron chi connectivity index (χ0n) is 17.3. The van der Waals surface area contributed by atoms with Crippen molar-refractivity contribution >= 4 is 23.5 Å². The summed E-state index contributed by atoms with van der Waals surface area (Å²) in [7, 11) is 0. The van der Waals surface area contributed by atoms with E-state index in [0.29, 0.717) is 30.2 Å². The number of carbonyl (C=O) groups is 3. The first-order chi connectivity index (χ1) is 15.6. The topological polar surface area (TPSA) is 113 Å². The number of anilines is 1. The summed E-state index contributed by atoms with van der Waals surface area (Å²) < 4.78 is 10.6. The molecule has 2 unspecified atom stereocenters. The number of imide groups is 1. The van der Waals surface area contributed by atoms with Gasteiger partial charge in [0, 0.05) is 24.1 Å². The molecule has 2 saturated heterocycles. The fourth-order valence-corrected chi connectivity index (χ4v) is 4.35. The number of pyridine rings is 1. The molecule has 166 valence electrons. The number of carbonyl (C=O) groups excluding carboxylic acids is 3. The highest BCUT2D eigenvalue weighted by Crippen LogP contribution is 2.34. The first kappa shape index (κ1) is 20.3. The van der Waals surface area contributed by atoms with Crippen LogP contribution < -0.4 is 20.1 Å². The standard InChI is InChI=1S/C22H23N5O5/c28-19(25-15-3-4-17-18(10-15)32-13-31-17)12-26-16-2-1-7-24-20(16)21(29)27(22(26)30)11-14-5-8-23-9-6-14/h3-6,8-10,16,20,24H,1-2,7,11-13H2,(H,25,28). The normalized spacial score (nSPS) is 22.0. The molecule has 0 bridgehead atoms. The summed E-state index contributed by atoms with van der Waals surface area (Å²) in [5.74, 6) is 0.571. The van der Waals surface area contributed by atoms with E-state index < -0.39 is 12.1 Å². The molecule has 2 atom stereocenters. The van der Waals surface area contributed by atoms with Gasteiger partial charge in [0.2, 0.25) is 18.6 Å². The highest BCUT2D eigenvalue weighted by Gasteiger charge is 2.47. The van der Waals surface area contributed by atoms with Gasteiger partial charge in [-0.1, -0.05) is 0 Å². The van der Waals surface area contributed by atoms with Crippen molar-refractivity contribution in [3.63, 3.8) is 0 Å². The van der Waals surface area contributed by atoms with Crippen molar-refractivity contribution in [1.29, 1.82) is 0 Å². The Kier molecular flexibility index (Phi) is 5.36. The van der Waals surface area contributed by atoms with Gasteiger partial charge in [-0.2, -0.15) is 0 Å². The lowest BCUT2D eigenvalue weighted by Gasteiger charge is -2.46. The van der Waals surface area contributed by atoms with Gasteiger partial charge >= 0.3 is 6.03 Å². The summed E-state index contributed by atoms with van der Waals surface area (Å²) in [6, 6.07) is 7.30. The Morgan fingerprint density at radius 3 is 2.81 bits per heavy atom. The average molecular weight is 437 g/mol. The maximum atomic E-state index is 13.3. The van der Waals surface area contributed by atoms with Gasteiger partial charge in [-0.25, -0.2) is 4.79 Å². The monoisotopic (exact) mass is 437 g/mol. The Balaban J connectivity index is 1.34. The highest BCUT2D eigenvalue weighted by atomic mass is 16.7. The van der Waals surface area contributed by atoms with Crippen LogP contribution in [0.15, 0.2) is 42.7 Å². The van der Waals surface area contributed by atoms with E-state index in [4.69, 9.17) is 9.47 Å². The van der Waals surface area contributed by atoms with Gasteiger partial charge in [0.25, 0.3) is 0 Å². The molecule has 10 nitrogen and oxygen atoms in total. The van der Waals surface area contributed by atoms with E-state index in [1.165, 1.54) is 9.80 Å². The molecule has 32 heavy (non-hydrogen) atoms. The lowest BCUT2D eigenvalue weighted by atomic mass is 9.93. The van der Waals surface area contributed by atoms with E-state index in [0.717, 1.165) is 12.0 Å². The Bertz CT molecular complexity index is 1050. The van der Waals surface area contributed by atoms with E-state index in [1.807, 2.05) is 0 Å². The number of hydrogen-bond acceptors (Lipinski definition) is 7. The molecule has 0 spiro atoms. The van der Waals surface area contributed by atoms with E-state index in [-0.39, 0.29) is 37.7 Å². The van der Waals surface area contributed by atoms with Crippen LogP contribution in [0.25, 0.3) is 0 Å². The van der Waals surface area contributed by atoms with E-state index >= 15 is 0 Å². The molecule has 0 saturated carbocycles. The third kappa shape index (κ3) is 3.84. The first-order valence-corrected chi connectivity index (χ1v) is 10.5. The van der Waals surface area contributed by atoms with Crippen LogP contribution in [0.1, 0.15) is 18.4 Å². The number of nitrogens with zero attached hydrogens (tertiary/aromatic N) is 3. The van der Waals surface area contributed by atoms with Crippen LogP contribution in [-0.2, 0) is 16.1 Å². The van der Waals surface area contributed by atoms with E-state index in [9.17, 15) is 14.4 Å². The Morgan fingerprint density at radius 1 is 1.16 bits per heavy atom. The van der Waals surface area contributed by atoms with Gasteiger partial charge in [0.05, 0.1) is 12.6 Å². The average Bonchev–Trinajstić information content (AvgIpc) is 3.28. The number of nitrogens with one attached hydrogen (secondary N) is 2. The Hall–Kier alpha value is -3.66. The molecule has 4 heterocycles. The summed E-state index contributed by atoms with van der Waals surface area (Å²) in [4.78, 5) is 45.9. The van der Waals surface area contributed by atoms with Crippen molar-refractivity contribution in [2.45, 2.75) is 31.5 Å². The van der Waals surface area contributed by atoms with Gasteiger partial charge in [-0.15, -0.1) is 0 Å². The second-order valence-electron chi connectivity index (χ2n) is 7.95. The summed E-state index contributed by atoms with van der Waals surface area (Å²) >= 11 is 0. The van der Waals surface area contributed by atoms with Crippen LogP contribution in [-0.4, -0.2) is 64.6 Å². The molecule has 3 aliphatic heterocycles. The summed E-state index contributed by atoms with van der Waals surface area (Å²) in [5, 5.41) is 6.04. The fraction of sp³-hybridized carbons (Fsp3) is 0.364. The number of ether oxygens (including phenoxy) is 2. The second kappa shape index (κ2) is 8.46. The summed E-state index contributed by atoms with van der Waals surface area (Å²) in [6.45, 7) is 0.815. The van der Waals surface area contributed by atoms with Crippen LogP contribution in [0, 0.1) is 0 Å². The van der Waals surface area contributed by atoms with Crippen LogP contribution in [0.4, 0.5) is 10.5 Å². The van der Waals surface area contributed by atoms with Crippen LogP contribution >= 0.6 is 0 Å². The quantitative estimate of drug-likeness (QED) is 0.726. The molecular weight excluding hydrogens is 414 g/mol. The molecule has 1 aromatic heterocycles. The van der Waals surface area contributed by atoms with Crippen molar-refractivity contribution in [2.24, 2.45) is 0 Å². The van der Waals surface area contributed by atoms with Crippen LogP contribution in [0.2, 0.25) is 0 Å². The number of hydrogen-bond donors (Lipinski definition) is 2. The van der Waals surface area contributed by atoms with Crippen molar-refractivity contribution in [3.05, 3.63) is 48.3 Å². The third-order valence-corrected chi connectivity index (χ3v) is 5.90. The highest BCUT2D eigenvalue weighted by molar-refractivity contribution is 6.03. The minimum Gasteiger partial charge on any atom is -0.454 e. The van der Waals surface area contributed by atoms with Crippen molar-refractivity contribution in [3.8, 4) is 11.5 Å². The van der Waals surface area contributed by atoms with Crippen LogP contribution in [0.5, 0.6) is 11.5 Å². The SMILES string of the molecule is O=C(CN1C(=O)N(Cc2ccncc2)C(=O)C2NCCCC21)Nc1ccc2c(c1)OCO2. The number of amides is 4. The number of piperidine rings is 1. The smallest absolute Gasteiger partial charge is 0.327 e. The number of rotatable bonds is 5. The molecule has 1 aromatic carbocycles. The largest absolute Gasteiger partial charge is 0.454 e. The van der Waals surface area contributed by atoms with Gasteiger partial charge in [0.15, 0.2) is 11.5 Å². The van der Waals surface area contributed by atoms with Gasteiger partial charge < -0.3 is 25.0 Å². The molecule has 2 fully saturated rings. The fourth-order valence-electron chi connectivity index (χ4n) is 4.35. The van der Waals surface area contributed by atoms with Gasteiger partial charge in [-0.3, -0.25) is 19.5 Å². The molecular formula is C22H23N5O5. The molecule has 2 N–H and O–H groups in total. The number of fused-ring (bicyclic) bond motifs is 2.